The molecule has 0 fully saturated rings. The highest BCUT2D eigenvalue weighted by molar-refractivity contribution is 7.92. The van der Waals surface area contributed by atoms with Gasteiger partial charge in [0.25, 0.3) is 10.0 Å². The van der Waals surface area contributed by atoms with Crippen LogP contribution in [0.15, 0.2) is 77.7 Å². The summed E-state index contributed by atoms with van der Waals surface area (Å²) in [5.74, 6) is -0.834. The normalized spacial score (nSPS) is 11.9. The van der Waals surface area contributed by atoms with E-state index in [1.165, 1.54) is 29.2 Å². The third-order valence-corrected chi connectivity index (χ3v) is 8.30. The summed E-state index contributed by atoms with van der Waals surface area (Å²) in [6.07, 6.45) is 1.69. The molecule has 2 amide bonds. The van der Waals surface area contributed by atoms with Gasteiger partial charge in [-0.3, -0.25) is 13.9 Å². The van der Waals surface area contributed by atoms with Gasteiger partial charge in [-0.05, 0) is 74.4 Å². The summed E-state index contributed by atoms with van der Waals surface area (Å²) in [5, 5.41) is 2.85. The molecule has 0 aliphatic carbocycles. The number of anilines is 1. The molecular formula is C30H36FN3O5S. The predicted octanol–water partition coefficient (Wildman–Crippen LogP) is 4.67. The van der Waals surface area contributed by atoms with E-state index in [1.807, 2.05) is 13.8 Å². The van der Waals surface area contributed by atoms with Gasteiger partial charge in [0, 0.05) is 13.1 Å². The zero-order valence-corrected chi connectivity index (χ0v) is 24.1. The van der Waals surface area contributed by atoms with Gasteiger partial charge in [-0.25, -0.2) is 12.8 Å². The third kappa shape index (κ3) is 7.81. The molecule has 8 nitrogen and oxygen atoms in total. The number of sulfonamides is 1. The van der Waals surface area contributed by atoms with E-state index >= 15 is 0 Å². The lowest BCUT2D eigenvalue weighted by Crippen LogP contribution is -2.51. The molecule has 3 aromatic rings. The lowest BCUT2D eigenvalue weighted by Gasteiger charge is -2.32. The van der Waals surface area contributed by atoms with E-state index in [1.54, 1.807) is 50.4 Å². The fraction of sp³-hybridized carbons (Fsp3) is 0.333. The Morgan fingerprint density at radius 3 is 2.17 bits per heavy atom. The van der Waals surface area contributed by atoms with Crippen molar-refractivity contribution in [2.45, 2.75) is 51.1 Å². The molecule has 40 heavy (non-hydrogen) atoms. The number of rotatable bonds is 13. The molecule has 1 atom stereocenters. The highest BCUT2D eigenvalue weighted by Crippen LogP contribution is 2.25. The average Bonchev–Trinajstić information content (AvgIpc) is 2.95. The van der Waals surface area contributed by atoms with Crippen LogP contribution in [0.25, 0.3) is 0 Å². The van der Waals surface area contributed by atoms with Gasteiger partial charge in [0.05, 0.1) is 17.7 Å². The molecule has 1 N–H and O–H groups in total. The van der Waals surface area contributed by atoms with Crippen LogP contribution in [0.4, 0.5) is 10.1 Å². The van der Waals surface area contributed by atoms with Gasteiger partial charge >= 0.3 is 0 Å². The van der Waals surface area contributed by atoms with Gasteiger partial charge in [0.15, 0.2) is 0 Å². The van der Waals surface area contributed by atoms with Crippen LogP contribution >= 0.6 is 0 Å². The van der Waals surface area contributed by atoms with Crippen molar-refractivity contribution in [2.24, 2.45) is 0 Å². The number of hydrogen-bond acceptors (Lipinski definition) is 5. The maximum absolute atomic E-state index is 13.9. The van der Waals surface area contributed by atoms with Crippen molar-refractivity contribution >= 4 is 27.5 Å². The molecule has 0 aromatic heterocycles. The molecule has 0 radical (unpaired) electrons. The summed E-state index contributed by atoms with van der Waals surface area (Å²) < 4.78 is 47.4. The van der Waals surface area contributed by atoms with Crippen molar-refractivity contribution in [1.29, 1.82) is 0 Å². The molecule has 3 aromatic carbocycles. The van der Waals surface area contributed by atoms with Gasteiger partial charge < -0.3 is 15.0 Å². The summed E-state index contributed by atoms with van der Waals surface area (Å²) >= 11 is 0. The fourth-order valence-corrected chi connectivity index (χ4v) is 5.43. The minimum absolute atomic E-state index is 0.0118. The number of carbonyl (C=O) groups excluding carboxylic acids is 2. The lowest BCUT2D eigenvalue weighted by molar-refractivity contribution is -0.139. The Labute approximate surface area is 235 Å². The zero-order chi connectivity index (χ0) is 29.3. The Hall–Kier alpha value is -3.92. The molecule has 3 rings (SSSR count). The van der Waals surface area contributed by atoms with Crippen LogP contribution in [-0.4, -0.2) is 51.4 Å². The van der Waals surface area contributed by atoms with Crippen molar-refractivity contribution in [1.82, 2.24) is 10.2 Å². The first kappa shape index (κ1) is 30.6. The van der Waals surface area contributed by atoms with Crippen LogP contribution in [0.5, 0.6) is 5.75 Å². The molecule has 10 heteroatoms. The van der Waals surface area contributed by atoms with Crippen molar-refractivity contribution in [3.05, 3.63) is 89.7 Å². The first-order valence-corrected chi connectivity index (χ1v) is 14.6. The van der Waals surface area contributed by atoms with E-state index in [2.05, 4.69) is 5.32 Å². The van der Waals surface area contributed by atoms with E-state index in [-0.39, 0.29) is 23.0 Å². The lowest BCUT2D eigenvalue weighted by atomic mass is 10.1. The second-order valence-corrected chi connectivity index (χ2v) is 11.4. The van der Waals surface area contributed by atoms with Crippen LogP contribution in [-0.2, 0) is 26.2 Å². The summed E-state index contributed by atoms with van der Waals surface area (Å²) in [4.78, 5) is 28.2. The van der Waals surface area contributed by atoms with Crippen LogP contribution in [0, 0.1) is 12.7 Å². The van der Waals surface area contributed by atoms with Gasteiger partial charge in [-0.1, -0.05) is 43.2 Å². The SMILES string of the molecule is CCCCNC(=O)[C@@H](C)N(Cc1ccc(OC)cc1)C(=O)CN(c1ccc(F)cc1)S(=O)(=O)c1ccc(C)cc1. The van der Waals surface area contributed by atoms with Crippen LogP contribution < -0.4 is 14.4 Å². The number of benzene rings is 3. The van der Waals surface area contributed by atoms with Crippen molar-refractivity contribution in [3.63, 3.8) is 0 Å². The Bertz CT molecular complexity index is 1380. The predicted molar refractivity (Wildman–Crippen MR) is 153 cm³/mol. The number of carbonyl (C=O) groups is 2. The maximum atomic E-state index is 13.9. The number of methoxy groups -OCH3 is 1. The Balaban J connectivity index is 1.98. The minimum Gasteiger partial charge on any atom is -0.497 e. The van der Waals surface area contributed by atoms with Crippen molar-refractivity contribution in [3.8, 4) is 5.75 Å². The number of nitrogens with zero attached hydrogens (tertiary/aromatic N) is 2. The monoisotopic (exact) mass is 569 g/mol. The highest BCUT2D eigenvalue weighted by Gasteiger charge is 2.32. The van der Waals surface area contributed by atoms with Crippen LogP contribution in [0.3, 0.4) is 0 Å². The highest BCUT2D eigenvalue weighted by atomic mass is 32.2. The summed E-state index contributed by atoms with van der Waals surface area (Å²) in [6.45, 7) is 5.39. The topological polar surface area (TPSA) is 96.0 Å². The first-order valence-electron chi connectivity index (χ1n) is 13.1. The van der Waals surface area contributed by atoms with Gasteiger partial charge in [0.2, 0.25) is 11.8 Å². The maximum Gasteiger partial charge on any atom is 0.264 e. The Morgan fingerprint density at radius 2 is 1.60 bits per heavy atom. The van der Waals surface area contributed by atoms with E-state index < -0.39 is 34.3 Å². The standard InChI is InChI=1S/C30H36FN3O5S/c1-5-6-19-32-30(36)23(3)33(20-24-9-15-27(39-4)16-10-24)29(35)21-34(26-13-11-25(31)12-14-26)40(37,38)28-17-7-22(2)8-18-28/h7-18,23H,5-6,19-21H2,1-4H3,(H,32,36)/t23-/m1/s1. The molecule has 0 bridgehead atoms. The largest absolute Gasteiger partial charge is 0.497 e. The Kier molecular flexibility index (Phi) is 10.7. The minimum atomic E-state index is -4.21. The molecule has 0 heterocycles. The van der Waals surface area contributed by atoms with Gasteiger partial charge in [-0.2, -0.15) is 0 Å². The van der Waals surface area contributed by atoms with Crippen LogP contribution in [0.1, 0.15) is 37.8 Å². The molecule has 0 aliphatic heterocycles. The summed E-state index contributed by atoms with van der Waals surface area (Å²) in [6, 6.07) is 17.3. The molecule has 0 unspecified atom stereocenters. The quantitative estimate of drug-likeness (QED) is 0.302. The third-order valence-electron chi connectivity index (χ3n) is 6.51. The molecule has 0 saturated heterocycles. The number of amides is 2. The van der Waals surface area contributed by atoms with Gasteiger partial charge in [-0.15, -0.1) is 0 Å². The average molecular weight is 570 g/mol. The molecular weight excluding hydrogens is 533 g/mol. The van der Waals surface area contributed by atoms with Crippen LogP contribution in [0.2, 0.25) is 0 Å². The number of halogens is 1. The van der Waals surface area contributed by atoms with E-state index in [0.717, 1.165) is 40.4 Å². The van der Waals surface area contributed by atoms with Gasteiger partial charge in [0.1, 0.15) is 24.2 Å². The zero-order valence-electron chi connectivity index (χ0n) is 23.3. The van der Waals surface area contributed by atoms with E-state index in [9.17, 15) is 22.4 Å². The Morgan fingerprint density at radius 1 is 0.975 bits per heavy atom. The smallest absolute Gasteiger partial charge is 0.264 e. The molecule has 0 spiro atoms. The van der Waals surface area contributed by atoms with E-state index in [0.29, 0.717) is 12.3 Å². The second-order valence-electron chi connectivity index (χ2n) is 9.49. The fourth-order valence-electron chi connectivity index (χ4n) is 4.02. The summed E-state index contributed by atoms with van der Waals surface area (Å²) in [5.41, 5.74) is 1.73. The first-order chi connectivity index (χ1) is 19.1. The molecule has 214 valence electrons. The number of ether oxygens (including phenoxy) is 1. The van der Waals surface area contributed by atoms with E-state index in [4.69, 9.17) is 4.74 Å². The second kappa shape index (κ2) is 13.9. The summed E-state index contributed by atoms with van der Waals surface area (Å²) in [7, 11) is -2.66. The van der Waals surface area contributed by atoms with Crippen molar-refractivity contribution < 1.29 is 27.1 Å². The molecule has 0 saturated carbocycles. The molecule has 0 aliphatic rings. The number of hydrogen-bond donors (Lipinski definition) is 1. The number of nitrogens with one attached hydrogen (secondary N) is 1. The van der Waals surface area contributed by atoms with Crippen molar-refractivity contribution in [2.75, 3.05) is 24.5 Å². The number of aryl methyl sites for hydroxylation is 1. The number of unbranched alkanes of at least 4 members (excludes halogenated alkanes) is 1.